The second-order valence-corrected chi connectivity index (χ2v) is 4.00. The van der Waals surface area contributed by atoms with E-state index in [1.165, 1.54) is 0 Å². The smallest absolute Gasteiger partial charge is 0.0790 e. The van der Waals surface area contributed by atoms with Crippen LogP contribution in [0.25, 0.3) is 0 Å². The Morgan fingerprint density at radius 1 is 0.812 bits per heavy atom. The Bertz CT molecular complexity index is 397. The van der Waals surface area contributed by atoms with Crippen LogP contribution in [-0.2, 0) is 5.54 Å². The van der Waals surface area contributed by atoms with Gasteiger partial charge in [0.25, 0.3) is 0 Å². The molecule has 82 valence electrons. The predicted molar refractivity (Wildman–Crippen MR) is 66.7 cm³/mol. The average molecular weight is 212 g/mol. The van der Waals surface area contributed by atoms with Crippen molar-refractivity contribution in [3.63, 3.8) is 0 Å². The van der Waals surface area contributed by atoms with E-state index in [9.17, 15) is 0 Å². The van der Waals surface area contributed by atoms with Crippen LogP contribution in [0.3, 0.4) is 0 Å². The second-order valence-electron chi connectivity index (χ2n) is 4.00. The fraction of sp³-hybridized carbons (Fsp3) is 0.143. The monoisotopic (exact) mass is 212 g/mol. The summed E-state index contributed by atoms with van der Waals surface area (Å²) in [4.78, 5) is 0. The maximum absolute atomic E-state index is 5.72. The van der Waals surface area contributed by atoms with Crippen molar-refractivity contribution in [1.29, 1.82) is 0 Å². The zero-order valence-electron chi connectivity index (χ0n) is 9.35. The summed E-state index contributed by atoms with van der Waals surface area (Å²) >= 11 is 0. The minimum absolute atomic E-state index is 0.345. The molecule has 0 aliphatic heterocycles. The molecule has 0 radical (unpaired) electrons. The van der Waals surface area contributed by atoms with Gasteiger partial charge in [-0.05, 0) is 18.1 Å². The van der Waals surface area contributed by atoms with Gasteiger partial charge in [0, 0.05) is 0 Å². The fourth-order valence-corrected chi connectivity index (χ4v) is 1.88. The van der Waals surface area contributed by atoms with E-state index >= 15 is 0 Å². The third kappa shape index (κ3) is 1.85. The van der Waals surface area contributed by atoms with Gasteiger partial charge in [0.05, 0.1) is 5.54 Å². The lowest BCUT2D eigenvalue weighted by Crippen LogP contribution is -2.45. The van der Waals surface area contributed by atoms with Crippen molar-refractivity contribution in [1.82, 2.24) is 5.43 Å². The van der Waals surface area contributed by atoms with Gasteiger partial charge in [-0.3, -0.25) is 5.84 Å². The SMILES string of the molecule is CC(NN)(c1ccccc1)c1ccccc1. The molecule has 0 unspecified atom stereocenters. The molecule has 2 aromatic rings. The molecule has 0 saturated carbocycles. The molecular formula is C14H16N2. The summed E-state index contributed by atoms with van der Waals surface area (Å²) in [6.45, 7) is 2.08. The quantitative estimate of drug-likeness (QED) is 0.605. The molecule has 0 aliphatic carbocycles. The van der Waals surface area contributed by atoms with E-state index < -0.39 is 0 Å². The molecule has 0 aromatic heterocycles. The lowest BCUT2D eigenvalue weighted by atomic mass is 9.85. The first-order chi connectivity index (χ1) is 7.77. The predicted octanol–water partition coefficient (Wildman–Crippen LogP) is 2.41. The Morgan fingerprint density at radius 2 is 1.19 bits per heavy atom. The van der Waals surface area contributed by atoms with Gasteiger partial charge in [-0.2, -0.15) is 0 Å². The standard InChI is InChI=1S/C14H16N2/c1-14(16-15,12-8-4-2-5-9-12)13-10-6-3-7-11-13/h2-11,16H,15H2,1H3. The highest BCUT2D eigenvalue weighted by atomic mass is 15.3. The zero-order chi connectivity index (χ0) is 11.4. The maximum Gasteiger partial charge on any atom is 0.0790 e. The van der Waals surface area contributed by atoms with Gasteiger partial charge in [0.1, 0.15) is 0 Å². The van der Waals surface area contributed by atoms with Crippen molar-refractivity contribution >= 4 is 0 Å². The third-order valence-corrected chi connectivity index (χ3v) is 2.99. The number of hydrazine groups is 1. The Hall–Kier alpha value is -1.64. The summed E-state index contributed by atoms with van der Waals surface area (Å²) in [6, 6.07) is 20.4. The zero-order valence-corrected chi connectivity index (χ0v) is 9.35. The van der Waals surface area contributed by atoms with Crippen molar-refractivity contribution in [2.24, 2.45) is 5.84 Å². The van der Waals surface area contributed by atoms with Crippen molar-refractivity contribution < 1.29 is 0 Å². The molecule has 0 bridgehead atoms. The minimum Gasteiger partial charge on any atom is -0.270 e. The summed E-state index contributed by atoms with van der Waals surface area (Å²) in [5.74, 6) is 5.72. The number of hydrogen-bond acceptors (Lipinski definition) is 2. The molecular weight excluding hydrogens is 196 g/mol. The molecule has 0 amide bonds. The van der Waals surface area contributed by atoms with Crippen LogP contribution >= 0.6 is 0 Å². The van der Waals surface area contributed by atoms with Crippen molar-refractivity contribution in [3.8, 4) is 0 Å². The average Bonchev–Trinajstić information content (AvgIpc) is 2.40. The van der Waals surface area contributed by atoms with Crippen molar-refractivity contribution in [3.05, 3.63) is 71.8 Å². The van der Waals surface area contributed by atoms with Gasteiger partial charge >= 0.3 is 0 Å². The van der Waals surface area contributed by atoms with E-state index in [-0.39, 0.29) is 5.54 Å². The van der Waals surface area contributed by atoms with Gasteiger partial charge in [0.15, 0.2) is 0 Å². The molecule has 0 heterocycles. The Kier molecular flexibility index (Phi) is 3.04. The fourth-order valence-electron chi connectivity index (χ4n) is 1.88. The molecule has 2 rings (SSSR count). The summed E-state index contributed by atoms with van der Waals surface area (Å²) in [5, 5.41) is 0. The molecule has 2 nitrogen and oxygen atoms in total. The molecule has 0 aliphatic rings. The molecule has 0 saturated heterocycles. The van der Waals surface area contributed by atoms with Crippen LogP contribution in [0.15, 0.2) is 60.7 Å². The van der Waals surface area contributed by atoms with Crippen LogP contribution < -0.4 is 11.3 Å². The first-order valence-corrected chi connectivity index (χ1v) is 5.36. The molecule has 2 aromatic carbocycles. The number of hydrogen-bond donors (Lipinski definition) is 2. The van der Waals surface area contributed by atoms with Crippen molar-refractivity contribution in [2.45, 2.75) is 12.5 Å². The molecule has 2 heteroatoms. The highest BCUT2D eigenvalue weighted by molar-refractivity contribution is 5.36. The van der Waals surface area contributed by atoms with E-state index in [1.54, 1.807) is 0 Å². The van der Waals surface area contributed by atoms with Crippen LogP contribution in [-0.4, -0.2) is 0 Å². The first kappa shape index (κ1) is 10.9. The highest BCUT2D eigenvalue weighted by Gasteiger charge is 2.26. The van der Waals surface area contributed by atoms with E-state index in [4.69, 9.17) is 5.84 Å². The molecule has 3 N–H and O–H groups in total. The topological polar surface area (TPSA) is 38.0 Å². The van der Waals surface area contributed by atoms with Crippen molar-refractivity contribution in [2.75, 3.05) is 0 Å². The molecule has 0 fully saturated rings. The Labute approximate surface area is 96.1 Å². The summed E-state index contributed by atoms with van der Waals surface area (Å²) in [7, 11) is 0. The van der Waals surface area contributed by atoms with Crippen LogP contribution in [0.2, 0.25) is 0 Å². The van der Waals surface area contributed by atoms with E-state index in [1.807, 2.05) is 36.4 Å². The number of benzene rings is 2. The van der Waals surface area contributed by atoms with Gasteiger partial charge in [0.2, 0.25) is 0 Å². The number of nitrogens with one attached hydrogen (secondary N) is 1. The normalized spacial score (nSPS) is 11.4. The molecule has 16 heavy (non-hydrogen) atoms. The largest absolute Gasteiger partial charge is 0.270 e. The van der Waals surface area contributed by atoms with E-state index in [2.05, 4.69) is 36.6 Å². The number of nitrogens with two attached hydrogens (primary N) is 1. The van der Waals surface area contributed by atoms with Crippen LogP contribution in [0.5, 0.6) is 0 Å². The Morgan fingerprint density at radius 3 is 1.50 bits per heavy atom. The molecule has 0 atom stereocenters. The summed E-state index contributed by atoms with van der Waals surface area (Å²) in [6.07, 6.45) is 0. The highest BCUT2D eigenvalue weighted by Crippen LogP contribution is 2.27. The first-order valence-electron chi connectivity index (χ1n) is 5.36. The molecule has 0 spiro atoms. The van der Waals surface area contributed by atoms with Gasteiger partial charge in [-0.1, -0.05) is 60.7 Å². The maximum atomic E-state index is 5.72. The summed E-state index contributed by atoms with van der Waals surface area (Å²) < 4.78 is 0. The number of rotatable bonds is 3. The van der Waals surface area contributed by atoms with Gasteiger partial charge in [-0.25, -0.2) is 5.43 Å². The van der Waals surface area contributed by atoms with Crippen LogP contribution in [0, 0.1) is 0 Å². The Balaban J connectivity index is 2.49. The lowest BCUT2D eigenvalue weighted by Gasteiger charge is -2.30. The van der Waals surface area contributed by atoms with Crippen LogP contribution in [0.1, 0.15) is 18.1 Å². The van der Waals surface area contributed by atoms with E-state index in [0.29, 0.717) is 0 Å². The third-order valence-electron chi connectivity index (χ3n) is 2.99. The summed E-state index contributed by atoms with van der Waals surface area (Å²) in [5.41, 5.74) is 4.88. The lowest BCUT2D eigenvalue weighted by molar-refractivity contribution is 0.452. The minimum atomic E-state index is -0.345. The van der Waals surface area contributed by atoms with Gasteiger partial charge in [-0.15, -0.1) is 0 Å². The van der Waals surface area contributed by atoms with Crippen LogP contribution in [0.4, 0.5) is 0 Å². The second kappa shape index (κ2) is 4.47. The van der Waals surface area contributed by atoms with E-state index in [0.717, 1.165) is 11.1 Å². The van der Waals surface area contributed by atoms with Gasteiger partial charge < -0.3 is 0 Å².